The summed E-state index contributed by atoms with van der Waals surface area (Å²) in [5, 5.41) is 2.67. The number of halogens is 1. The Morgan fingerprint density at radius 3 is 2.56 bits per heavy atom. The molecule has 8 heteroatoms. The predicted octanol–water partition coefficient (Wildman–Crippen LogP) is 2.14. The Morgan fingerprint density at radius 1 is 1.24 bits per heavy atom. The standard InChI is InChI=1S/C17H19FN2O4S/c1-20(25(2,22)23)12-16-8-7-15(24-16)9-10-17(21)19-11-13-3-5-14(18)6-4-13/h3-10H,11-12H2,1-2H3,(H,19,21)/b10-9+. The molecule has 6 nitrogen and oxygen atoms in total. The van der Waals surface area contributed by atoms with E-state index in [4.69, 9.17) is 4.42 Å². The molecule has 2 aromatic rings. The van der Waals surface area contributed by atoms with Crippen LogP contribution in [0.4, 0.5) is 4.39 Å². The first-order chi connectivity index (χ1) is 11.7. The fourth-order valence-corrected chi connectivity index (χ4v) is 2.28. The van der Waals surface area contributed by atoms with Crippen LogP contribution in [0.3, 0.4) is 0 Å². The third kappa shape index (κ3) is 6.17. The number of furan rings is 1. The van der Waals surface area contributed by atoms with Gasteiger partial charge in [-0.2, -0.15) is 4.31 Å². The minimum atomic E-state index is -3.29. The van der Waals surface area contributed by atoms with Crippen LogP contribution < -0.4 is 5.32 Å². The first-order valence-electron chi connectivity index (χ1n) is 7.44. The van der Waals surface area contributed by atoms with Crippen LogP contribution in [0.5, 0.6) is 0 Å². The molecular formula is C17H19FN2O4S. The first-order valence-corrected chi connectivity index (χ1v) is 9.29. The molecule has 0 atom stereocenters. The molecule has 25 heavy (non-hydrogen) atoms. The number of carbonyl (C=O) groups is 1. The summed E-state index contributed by atoms with van der Waals surface area (Å²) in [4.78, 5) is 11.8. The molecule has 1 aromatic heterocycles. The highest BCUT2D eigenvalue weighted by molar-refractivity contribution is 7.88. The Kier molecular flexibility index (Phi) is 6.11. The molecule has 0 spiro atoms. The van der Waals surface area contributed by atoms with Crippen molar-refractivity contribution in [2.24, 2.45) is 0 Å². The summed E-state index contributed by atoms with van der Waals surface area (Å²) in [5.41, 5.74) is 0.784. The van der Waals surface area contributed by atoms with Gasteiger partial charge in [-0.3, -0.25) is 4.79 Å². The summed E-state index contributed by atoms with van der Waals surface area (Å²) in [6.45, 7) is 0.398. The molecule has 1 amide bonds. The molecule has 0 saturated carbocycles. The second-order valence-electron chi connectivity index (χ2n) is 5.50. The zero-order valence-electron chi connectivity index (χ0n) is 13.9. The van der Waals surface area contributed by atoms with Crippen LogP contribution in [0.15, 0.2) is 46.9 Å². The van der Waals surface area contributed by atoms with Crippen molar-refractivity contribution in [2.45, 2.75) is 13.1 Å². The molecular weight excluding hydrogens is 347 g/mol. The van der Waals surface area contributed by atoms with Crippen molar-refractivity contribution in [3.05, 3.63) is 65.4 Å². The van der Waals surface area contributed by atoms with Crippen LogP contribution >= 0.6 is 0 Å². The van der Waals surface area contributed by atoms with E-state index < -0.39 is 10.0 Å². The zero-order chi connectivity index (χ0) is 18.4. The van der Waals surface area contributed by atoms with Gasteiger partial charge >= 0.3 is 0 Å². The minimum absolute atomic E-state index is 0.115. The van der Waals surface area contributed by atoms with Crippen molar-refractivity contribution < 1.29 is 22.0 Å². The molecule has 1 aromatic carbocycles. The fraction of sp³-hybridized carbons (Fsp3) is 0.235. The molecule has 0 bridgehead atoms. The third-order valence-electron chi connectivity index (χ3n) is 3.41. The number of hydrogen-bond acceptors (Lipinski definition) is 4. The quantitative estimate of drug-likeness (QED) is 0.762. The number of benzene rings is 1. The SMILES string of the molecule is CN(Cc1ccc(/C=C/C(=O)NCc2ccc(F)cc2)o1)S(C)(=O)=O. The maximum absolute atomic E-state index is 12.8. The average Bonchev–Trinajstić information content (AvgIpc) is 2.99. The van der Waals surface area contributed by atoms with E-state index in [1.807, 2.05) is 0 Å². The second kappa shape index (κ2) is 8.09. The molecule has 2 rings (SSSR count). The topological polar surface area (TPSA) is 79.6 Å². The van der Waals surface area contributed by atoms with E-state index in [1.165, 1.54) is 31.3 Å². The molecule has 0 saturated heterocycles. The van der Waals surface area contributed by atoms with Crippen LogP contribution in [0.25, 0.3) is 6.08 Å². The number of hydrogen-bond donors (Lipinski definition) is 1. The number of rotatable bonds is 7. The number of sulfonamides is 1. The third-order valence-corrected chi connectivity index (χ3v) is 4.67. The van der Waals surface area contributed by atoms with Gasteiger partial charge in [-0.1, -0.05) is 12.1 Å². The van der Waals surface area contributed by atoms with Crippen LogP contribution in [0.2, 0.25) is 0 Å². The van der Waals surface area contributed by atoms with Crippen molar-refractivity contribution in [1.82, 2.24) is 9.62 Å². The van der Waals surface area contributed by atoms with Crippen molar-refractivity contribution in [3.8, 4) is 0 Å². The van der Waals surface area contributed by atoms with Gasteiger partial charge in [0.1, 0.15) is 17.3 Å². The average molecular weight is 366 g/mol. The van der Waals surface area contributed by atoms with Gasteiger partial charge in [-0.25, -0.2) is 12.8 Å². The molecule has 0 aliphatic rings. The summed E-state index contributed by atoms with van der Waals surface area (Å²) < 4.78 is 42.1. The van der Waals surface area contributed by atoms with Gasteiger partial charge in [-0.15, -0.1) is 0 Å². The maximum atomic E-state index is 12.8. The Labute approximate surface area is 146 Å². The smallest absolute Gasteiger partial charge is 0.244 e. The van der Waals surface area contributed by atoms with E-state index in [9.17, 15) is 17.6 Å². The highest BCUT2D eigenvalue weighted by Crippen LogP contribution is 2.12. The van der Waals surface area contributed by atoms with Crippen molar-refractivity contribution in [2.75, 3.05) is 13.3 Å². The summed E-state index contributed by atoms with van der Waals surface area (Å²) in [6, 6.07) is 9.14. The molecule has 0 fully saturated rings. The summed E-state index contributed by atoms with van der Waals surface area (Å²) in [5.74, 6) is 0.258. The predicted molar refractivity (Wildman–Crippen MR) is 92.3 cm³/mol. The van der Waals surface area contributed by atoms with Crippen LogP contribution in [0, 0.1) is 5.82 Å². The first kappa shape index (κ1) is 18.9. The van der Waals surface area contributed by atoms with Gasteiger partial charge in [-0.05, 0) is 35.9 Å². The molecule has 0 radical (unpaired) electrons. The normalized spacial score (nSPS) is 12.0. The minimum Gasteiger partial charge on any atom is -0.460 e. The number of nitrogens with zero attached hydrogens (tertiary/aromatic N) is 1. The Hall–Kier alpha value is -2.45. The van der Waals surface area contributed by atoms with Gasteiger partial charge in [0.2, 0.25) is 15.9 Å². The molecule has 134 valence electrons. The van der Waals surface area contributed by atoms with E-state index in [0.29, 0.717) is 11.5 Å². The van der Waals surface area contributed by atoms with Crippen molar-refractivity contribution >= 4 is 22.0 Å². The second-order valence-corrected chi connectivity index (χ2v) is 7.59. The lowest BCUT2D eigenvalue weighted by Crippen LogP contribution is -2.24. The van der Waals surface area contributed by atoms with Gasteiger partial charge in [0.15, 0.2) is 0 Å². The molecule has 0 aliphatic heterocycles. The maximum Gasteiger partial charge on any atom is 0.244 e. The van der Waals surface area contributed by atoms with Gasteiger partial charge in [0, 0.05) is 19.7 Å². The summed E-state index contributed by atoms with van der Waals surface area (Å²) in [7, 11) is -1.83. The van der Waals surface area contributed by atoms with E-state index in [1.54, 1.807) is 24.3 Å². The van der Waals surface area contributed by atoms with Crippen LogP contribution in [-0.4, -0.2) is 31.9 Å². The van der Waals surface area contributed by atoms with Crippen molar-refractivity contribution in [3.63, 3.8) is 0 Å². The molecule has 1 heterocycles. The van der Waals surface area contributed by atoms with E-state index in [2.05, 4.69) is 5.32 Å². The van der Waals surface area contributed by atoms with Gasteiger partial charge in [0.05, 0.1) is 12.8 Å². The summed E-state index contributed by atoms with van der Waals surface area (Å²) >= 11 is 0. The Balaban J connectivity index is 1.86. The Bertz CT molecular complexity index is 857. The monoisotopic (exact) mass is 366 g/mol. The van der Waals surface area contributed by atoms with E-state index in [0.717, 1.165) is 16.1 Å². The molecule has 0 aliphatic carbocycles. The lowest BCUT2D eigenvalue weighted by atomic mass is 10.2. The van der Waals surface area contributed by atoms with E-state index >= 15 is 0 Å². The number of amides is 1. The fourth-order valence-electron chi connectivity index (χ4n) is 1.91. The highest BCUT2D eigenvalue weighted by Gasteiger charge is 2.13. The van der Waals surface area contributed by atoms with Crippen LogP contribution in [0.1, 0.15) is 17.1 Å². The number of nitrogens with one attached hydrogen (secondary N) is 1. The number of carbonyl (C=O) groups excluding carboxylic acids is 1. The van der Waals surface area contributed by atoms with Crippen LogP contribution in [-0.2, 0) is 27.9 Å². The van der Waals surface area contributed by atoms with Gasteiger partial charge < -0.3 is 9.73 Å². The highest BCUT2D eigenvalue weighted by atomic mass is 32.2. The van der Waals surface area contributed by atoms with E-state index in [-0.39, 0.29) is 24.8 Å². The molecule has 0 unspecified atom stereocenters. The summed E-state index contributed by atoms with van der Waals surface area (Å²) in [6.07, 6.45) is 3.92. The molecule has 1 N–H and O–H groups in total. The lowest BCUT2D eigenvalue weighted by molar-refractivity contribution is -0.116. The Morgan fingerprint density at radius 2 is 1.92 bits per heavy atom. The largest absolute Gasteiger partial charge is 0.460 e. The zero-order valence-corrected chi connectivity index (χ0v) is 14.7. The lowest BCUT2D eigenvalue weighted by Gasteiger charge is -2.11. The van der Waals surface area contributed by atoms with Crippen molar-refractivity contribution in [1.29, 1.82) is 0 Å². The van der Waals surface area contributed by atoms with Gasteiger partial charge in [0.25, 0.3) is 0 Å².